The van der Waals surface area contributed by atoms with Crippen LogP contribution in [0.15, 0.2) is 59.5 Å². The molecule has 1 N–H and O–H groups in total. The van der Waals surface area contributed by atoms with E-state index in [1.807, 2.05) is 51.1 Å². The van der Waals surface area contributed by atoms with E-state index in [9.17, 15) is 9.59 Å². The molecule has 0 atom stereocenters. The van der Waals surface area contributed by atoms with Crippen LogP contribution in [0.25, 0.3) is 33.2 Å². The largest absolute Gasteiger partial charge is 0.443 e. The molecule has 0 saturated carbocycles. The molecule has 0 radical (unpaired) electrons. The Labute approximate surface area is 155 Å². The first-order chi connectivity index (χ1) is 12.8. The molecule has 27 heavy (non-hydrogen) atoms. The second-order valence-corrected chi connectivity index (χ2v) is 7.34. The molecule has 0 aliphatic rings. The van der Waals surface area contributed by atoms with Crippen molar-refractivity contribution in [3.8, 4) is 11.4 Å². The predicted octanol–water partition coefficient (Wildman–Crippen LogP) is 4.33. The summed E-state index contributed by atoms with van der Waals surface area (Å²) in [6, 6.07) is 14.6. The van der Waals surface area contributed by atoms with E-state index < -0.39 is 11.7 Å². The molecule has 0 amide bonds. The number of fused-ring (bicyclic) bond motifs is 2. The Morgan fingerprint density at radius 2 is 1.81 bits per heavy atom. The van der Waals surface area contributed by atoms with Crippen molar-refractivity contribution in [1.29, 1.82) is 0 Å². The highest BCUT2D eigenvalue weighted by molar-refractivity contribution is 5.98. The van der Waals surface area contributed by atoms with Crippen LogP contribution >= 0.6 is 0 Å². The van der Waals surface area contributed by atoms with Crippen molar-refractivity contribution in [3.05, 3.63) is 65.1 Å². The van der Waals surface area contributed by atoms with Gasteiger partial charge in [0.15, 0.2) is 0 Å². The van der Waals surface area contributed by atoms with Crippen molar-refractivity contribution in [1.82, 2.24) is 14.5 Å². The maximum Gasteiger partial charge on any atom is 0.418 e. The van der Waals surface area contributed by atoms with Gasteiger partial charge in [0.05, 0.1) is 16.4 Å². The van der Waals surface area contributed by atoms with Gasteiger partial charge in [0.2, 0.25) is 0 Å². The van der Waals surface area contributed by atoms with Gasteiger partial charge in [-0.05, 0) is 45.0 Å². The smallest absolute Gasteiger partial charge is 0.418 e. The Morgan fingerprint density at radius 1 is 1.04 bits per heavy atom. The van der Waals surface area contributed by atoms with E-state index in [2.05, 4.69) is 9.97 Å². The number of hydrogen-bond acceptors (Lipinski definition) is 4. The number of rotatable bonds is 1. The first-order valence-corrected chi connectivity index (χ1v) is 8.66. The number of hydrogen-bond donors (Lipinski definition) is 1. The maximum absolute atomic E-state index is 12.5. The predicted molar refractivity (Wildman–Crippen MR) is 105 cm³/mol. The van der Waals surface area contributed by atoms with Gasteiger partial charge in [0.25, 0.3) is 5.56 Å². The highest BCUT2D eigenvalue weighted by Crippen LogP contribution is 2.28. The van der Waals surface area contributed by atoms with E-state index in [-0.39, 0.29) is 5.56 Å². The van der Waals surface area contributed by atoms with Gasteiger partial charge in [-0.1, -0.05) is 24.3 Å². The quantitative estimate of drug-likeness (QED) is 0.547. The molecule has 0 bridgehead atoms. The molecule has 2 aromatic heterocycles. The van der Waals surface area contributed by atoms with Crippen LogP contribution in [0.2, 0.25) is 0 Å². The summed E-state index contributed by atoms with van der Waals surface area (Å²) in [6.07, 6.45) is 1.22. The highest BCUT2D eigenvalue weighted by Gasteiger charge is 2.20. The van der Waals surface area contributed by atoms with Gasteiger partial charge in [0, 0.05) is 17.1 Å². The van der Waals surface area contributed by atoms with E-state index in [4.69, 9.17) is 4.74 Å². The van der Waals surface area contributed by atoms with Crippen LogP contribution in [-0.2, 0) is 4.74 Å². The molecule has 0 aliphatic carbocycles. The number of aromatic amines is 1. The minimum Gasteiger partial charge on any atom is -0.443 e. The van der Waals surface area contributed by atoms with Crippen LogP contribution in [-0.4, -0.2) is 26.2 Å². The van der Waals surface area contributed by atoms with Gasteiger partial charge < -0.3 is 9.72 Å². The molecule has 136 valence electrons. The van der Waals surface area contributed by atoms with E-state index >= 15 is 0 Å². The van der Waals surface area contributed by atoms with Gasteiger partial charge in [-0.15, -0.1) is 0 Å². The summed E-state index contributed by atoms with van der Waals surface area (Å²) < 4.78 is 6.92. The Morgan fingerprint density at radius 3 is 2.59 bits per heavy atom. The zero-order chi connectivity index (χ0) is 19.2. The molecule has 4 rings (SSSR count). The molecule has 4 aromatic rings. The van der Waals surface area contributed by atoms with Crippen LogP contribution in [0.1, 0.15) is 20.8 Å². The number of para-hydroxylation sites is 1. The van der Waals surface area contributed by atoms with Crippen LogP contribution in [0, 0.1) is 0 Å². The second-order valence-electron chi connectivity index (χ2n) is 7.34. The molecular formula is C21H19N3O3. The SMILES string of the molecule is CC(C)(C)OC(=O)n1ccc2c(-c3nc4ccccc4c(=O)[nH]3)cccc21. The number of benzene rings is 2. The summed E-state index contributed by atoms with van der Waals surface area (Å²) in [5.74, 6) is 0.464. The van der Waals surface area contributed by atoms with Crippen molar-refractivity contribution in [2.75, 3.05) is 0 Å². The number of nitrogens with zero attached hydrogens (tertiary/aromatic N) is 2. The first kappa shape index (κ1) is 17.0. The van der Waals surface area contributed by atoms with Gasteiger partial charge >= 0.3 is 6.09 Å². The molecule has 6 nitrogen and oxygen atoms in total. The maximum atomic E-state index is 12.5. The minimum absolute atomic E-state index is 0.195. The number of H-pyrrole nitrogens is 1. The molecule has 2 aromatic carbocycles. The molecule has 0 saturated heterocycles. The van der Waals surface area contributed by atoms with Crippen molar-refractivity contribution < 1.29 is 9.53 Å². The molecule has 0 unspecified atom stereocenters. The van der Waals surface area contributed by atoms with Crippen LogP contribution in [0.4, 0.5) is 4.79 Å². The molecule has 2 heterocycles. The zero-order valence-corrected chi connectivity index (χ0v) is 15.3. The summed E-state index contributed by atoms with van der Waals surface area (Å²) in [7, 11) is 0. The lowest BCUT2D eigenvalue weighted by Gasteiger charge is -2.19. The Bertz CT molecular complexity index is 1230. The zero-order valence-electron chi connectivity index (χ0n) is 15.3. The Balaban J connectivity index is 1.87. The van der Waals surface area contributed by atoms with Gasteiger partial charge in [-0.3, -0.25) is 9.36 Å². The molecule has 0 spiro atoms. The van der Waals surface area contributed by atoms with Crippen molar-refractivity contribution in [2.45, 2.75) is 26.4 Å². The van der Waals surface area contributed by atoms with Gasteiger partial charge in [-0.2, -0.15) is 0 Å². The average Bonchev–Trinajstić information content (AvgIpc) is 3.04. The average molecular weight is 361 g/mol. The number of ether oxygens (including phenoxy) is 1. The fourth-order valence-electron chi connectivity index (χ4n) is 3.06. The molecule has 6 heteroatoms. The Hall–Kier alpha value is -3.41. The van der Waals surface area contributed by atoms with E-state index in [0.29, 0.717) is 22.2 Å². The second kappa shape index (κ2) is 6.09. The molecule has 0 aliphatic heterocycles. The lowest BCUT2D eigenvalue weighted by Crippen LogP contribution is -2.26. The van der Waals surface area contributed by atoms with E-state index in [0.717, 1.165) is 10.9 Å². The third-order valence-electron chi connectivity index (χ3n) is 4.19. The summed E-state index contributed by atoms with van der Waals surface area (Å²) in [5.41, 5.74) is 1.28. The van der Waals surface area contributed by atoms with Gasteiger partial charge in [-0.25, -0.2) is 9.78 Å². The fraction of sp³-hybridized carbons (Fsp3) is 0.190. The van der Waals surface area contributed by atoms with E-state index in [1.165, 1.54) is 4.57 Å². The molecular weight excluding hydrogens is 342 g/mol. The normalized spacial score (nSPS) is 11.8. The standard InChI is InChI=1S/C21H19N3O3/c1-21(2,3)27-20(26)24-12-11-13-14(8-6-10-17(13)24)18-22-16-9-5-4-7-15(16)19(25)23-18/h4-12H,1-3H3,(H,22,23,25). The summed E-state index contributed by atoms with van der Waals surface area (Å²) in [4.78, 5) is 32.3. The number of nitrogens with one attached hydrogen (secondary N) is 1. The first-order valence-electron chi connectivity index (χ1n) is 8.66. The number of aromatic nitrogens is 3. The van der Waals surface area contributed by atoms with E-state index in [1.54, 1.807) is 24.4 Å². The van der Waals surface area contributed by atoms with Crippen LogP contribution in [0.5, 0.6) is 0 Å². The van der Waals surface area contributed by atoms with Crippen molar-refractivity contribution >= 4 is 27.9 Å². The lowest BCUT2D eigenvalue weighted by atomic mass is 10.1. The third kappa shape index (κ3) is 3.10. The number of carbonyl (C=O) groups excluding carboxylic acids is 1. The lowest BCUT2D eigenvalue weighted by molar-refractivity contribution is 0.0544. The van der Waals surface area contributed by atoms with Crippen molar-refractivity contribution in [2.24, 2.45) is 0 Å². The fourth-order valence-corrected chi connectivity index (χ4v) is 3.06. The van der Waals surface area contributed by atoms with Crippen LogP contribution < -0.4 is 5.56 Å². The minimum atomic E-state index is -0.587. The summed E-state index contributed by atoms with van der Waals surface area (Å²) in [5, 5.41) is 1.35. The summed E-state index contributed by atoms with van der Waals surface area (Å²) >= 11 is 0. The third-order valence-corrected chi connectivity index (χ3v) is 4.19. The van der Waals surface area contributed by atoms with Gasteiger partial charge in [0.1, 0.15) is 11.4 Å². The topological polar surface area (TPSA) is 77.0 Å². The summed E-state index contributed by atoms with van der Waals surface area (Å²) in [6.45, 7) is 5.48. The highest BCUT2D eigenvalue weighted by atomic mass is 16.6. The molecule has 0 fully saturated rings. The monoisotopic (exact) mass is 361 g/mol. The Kier molecular flexibility index (Phi) is 3.84. The van der Waals surface area contributed by atoms with Crippen molar-refractivity contribution in [3.63, 3.8) is 0 Å². The van der Waals surface area contributed by atoms with Crippen LogP contribution in [0.3, 0.4) is 0 Å². The number of carbonyl (C=O) groups is 1.